The van der Waals surface area contributed by atoms with Crippen LogP contribution in [0.5, 0.6) is 0 Å². The molecule has 4 heteroatoms. The summed E-state index contributed by atoms with van der Waals surface area (Å²) in [6, 6.07) is -0.162. The largest absolute Gasteiger partial charge is 0.395 e. The third kappa shape index (κ3) is 7.26. The summed E-state index contributed by atoms with van der Waals surface area (Å²) in [7, 11) is 1.70. The van der Waals surface area contributed by atoms with E-state index in [0.29, 0.717) is 19.6 Å². The summed E-state index contributed by atoms with van der Waals surface area (Å²) in [6.07, 6.45) is 1.56. The van der Waals surface area contributed by atoms with Crippen LogP contribution in [0.25, 0.3) is 0 Å². The predicted octanol–water partition coefficient (Wildman–Crippen LogP) is 0.528. The maximum Gasteiger partial charge on any atom is 0.0644 e. The van der Waals surface area contributed by atoms with Gasteiger partial charge in [0.1, 0.15) is 0 Å². The van der Waals surface area contributed by atoms with Gasteiger partial charge in [-0.2, -0.15) is 0 Å². The number of ether oxygens (including phenoxy) is 2. The van der Waals surface area contributed by atoms with Gasteiger partial charge in [0.2, 0.25) is 0 Å². The summed E-state index contributed by atoms with van der Waals surface area (Å²) in [5.74, 6) is 0. The van der Waals surface area contributed by atoms with Gasteiger partial charge in [0.05, 0.1) is 12.2 Å². The van der Waals surface area contributed by atoms with Gasteiger partial charge in [0.25, 0.3) is 0 Å². The second-order valence-corrected chi connectivity index (χ2v) is 4.06. The first kappa shape index (κ1) is 13.8. The van der Waals surface area contributed by atoms with Crippen molar-refractivity contribution in [3.05, 3.63) is 0 Å². The molecule has 0 aromatic rings. The highest BCUT2D eigenvalue weighted by molar-refractivity contribution is 4.66. The molecular formula is C10H23NO3. The van der Waals surface area contributed by atoms with Crippen molar-refractivity contribution in [1.82, 2.24) is 0 Å². The summed E-state index contributed by atoms with van der Waals surface area (Å²) in [5, 5.41) is 8.66. The van der Waals surface area contributed by atoms with E-state index in [0.717, 1.165) is 6.42 Å². The normalized spacial score (nSPS) is 14.4. The standard InChI is InChI=1S/C10H23NO3/c1-10(2,13-3)5-7-14-6-4-9(11)8-12/h9,12H,4-8,11H2,1-3H3. The van der Waals surface area contributed by atoms with E-state index in [4.69, 9.17) is 20.3 Å². The molecule has 3 N–H and O–H groups in total. The summed E-state index contributed by atoms with van der Waals surface area (Å²) in [4.78, 5) is 0. The molecule has 0 radical (unpaired) electrons. The summed E-state index contributed by atoms with van der Waals surface area (Å²) in [5.41, 5.74) is 5.39. The van der Waals surface area contributed by atoms with E-state index in [2.05, 4.69) is 0 Å². The van der Waals surface area contributed by atoms with Gasteiger partial charge in [-0.3, -0.25) is 0 Å². The molecule has 0 bridgehead atoms. The Bertz CT molecular complexity index is 139. The average molecular weight is 205 g/mol. The molecule has 0 aliphatic rings. The van der Waals surface area contributed by atoms with Gasteiger partial charge in [-0.1, -0.05) is 0 Å². The molecule has 0 aromatic heterocycles. The van der Waals surface area contributed by atoms with Crippen LogP contribution in [0.2, 0.25) is 0 Å². The van der Waals surface area contributed by atoms with E-state index in [1.54, 1.807) is 7.11 Å². The monoisotopic (exact) mass is 205 g/mol. The Morgan fingerprint density at radius 2 is 2.00 bits per heavy atom. The molecule has 86 valence electrons. The molecular weight excluding hydrogens is 182 g/mol. The molecule has 4 nitrogen and oxygen atoms in total. The van der Waals surface area contributed by atoms with E-state index in [1.807, 2.05) is 13.8 Å². The minimum absolute atomic E-state index is 0.0208. The number of hydrogen-bond donors (Lipinski definition) is 2. The summed E-state index contributed by atoms with van der Waals surface area (Å²) >= 11 is 0. The predicted molar refractivity (Wildman–Crippen MR) is 56.2 cm³/mol. The van der Waals surface area contributed by atoms with Crippen molar-refractivity contribution in [3.63, 3.8) is 0 Å². The first-order valence-corrected chi connectivity index (χ1v) is 5.01. The lowest BCUT2D eigenvalue weighted by molar-refractivity contribution is -0.0108. The van der Waals surface area contributed by atoms with Crippen LogP contribution in [0.1, 0.15) is 26.7 Å². The molecule has 0 saturated carbocycles. The van der Waals surface area contributed by atoms with Crippen LogP contribution in [0.3, 0.4) is 0 Å². The fourth-order valence-corrected chi connectivity index (χ4v) is 0.848. The molecule has 0 spiro atoms. The second-order valence-electron chi connectivity index (χ2n) is 4.06. The van der Waals surface area contributed by atoms with Crippen molar-refractivity contribution >= 4 is 0 Å². The van der Waals surface area contributed by atoms with Crippen molar-refractivity contribution in [1.29, 1.82) is 0 Å². The van der Waals surface area contributed by atoms with Crippen molar-refractivity contribution in [3.8, 4) is 0 Å². The molecule has 1 unspecified atom stereocenters. The van der Waals surface area contributed by atoms with Crippen molar-refractivity contribution in [2.75, 3.05) is 26.9 Å². The molecule has 14 heavy (non-hydrogen) atoms. The maximum absolute atomic E-state index is 8.66. The highest BCUT2D eigenvalue weighted by Crippen LogP contribution is 2.12. The Morgan fingerprint density at radius 3 is 2.50 bits per heavy atom. The third-order valence-corrected chi connectivity index (χ3v) is 2.27. The van der Waals surface area contributed by atoms with Crippen LogP contribution in [0, 0.1) is 0 Å². The van der Waals surface area contributed by atoms with Gasteiger partial charge in [-0.25, -0.2) is 0 Å². The van der Waals surface area contributed by atoms with Crippen LogP contribution >= 0.6 is 0 Å². The maximum atomic E-state index is 8.66. The molecule has 0 heterocycles. The zero-order valence-corrected chi connectivity index (χ0v) is 9.45. The fraction of sp³-hybridized carbons (Fsp3) is 1.00. The lowest BCUT2D eigenvalue weighted by Crippen LogP contribution is -2.27. The lowest BCUT2D eigenvalue weighted by atomic mass is 10.1. The van der Waals surface area contributed by atoms with E-state index in [9.17, 15) is 0 Å². The van der Waals surface area contributed by atoms with Crippen LogP contribution in [0.15, 0.2) is 0 Å². The smallest absolute Gasteiger partial charge is 0.0644 e. The van der Waals surface area contributed by atoms with Gasteiger partial charge in [0, 0.05) is 26.4 Å². The molecule has 0 fully saturated rings. The average Bonchev–Trinajstić information content (AvgIpc) is 2.17. The van der Waals surface area contributed by atoms with Crippen LogP contribution in [-0.2, 0) is 9.47 Å². The van der Waals surface area contributed by atoms with Crippen LogP contribution in [0.4, 0.5) is 0 Å². The van der Waals surface area contributed by atoms with Gasteiger partial charge in [-0.05, 0) is 26.7 Å². The minimum Gasteiger partial charge on any atom is -0.395 e. The Kier molecular flexibility index (Phi) is 7.09. The zero-order chi connectivity index (χ0) is 11.0. The summed E-state index contributed by atoms with van der Waals surface area (Å²) < 4.78 is 10.6. The van der Waals surface area contributed by atoms with Crippen LogP contribution in [-0.4, -0.2) is 43.7 Å². The molecule has 0 rings (SSSR count). The highest BCUT2D eigenvalue weighted by atomic mass is 16.5. The molecule has 0 aromatic carbocycles. The number of nitrogens with two attached hydrogens (primary N) is 1. The van der Waals surface area contributed by atoms with Gasteiger partial charge >= 0.3 is 0 Å². The van der Waals surface area contributed by atoms with Crippen molar-refractivity contribution in [2.24, 2.45) is 5.73 Å². The number of rotatable bonds is 8. The number of aliphatic hydroxyl groups is 1. The lowest BCUT2D eigenvalue weighted by Gasteiger charge is -2.22. The third-order valence-electron chi connectivity index (χ3n) is 2.27. The van der Waals surface area contributed by atoms with Gasteiger partial charge < -0.3 is 20.3 Å². The Morgan fingerprint density at radius 1 is 1.36 bits per heavy atom. The SMILES string of the molecule is COC(C)(C)CCOCCC(N)CO. The zero-order valence-electron chi connectivity index (χ0n) is 9.45. The Hall–Kier alpha value is -0.160. The van der Waals surface area contributed by atoms with Crippen molar-refractivity contribution in [2.45, 2.75) is 38.3 Å². The number of methoxy groups -OCH3 is 1. The number of hydrogen-bond acceptors (Lipinski definition) is 4. The van der Waals surface area contributed by atoms with Crippen molar-refractivity contribution < 1.29 is 14.6 Å². The topological polar surface area (TPSA) is 64.7 Å². The number of aliphatic hydroxyl groups excluding tert-OH is 1. The van der Waals surface area contributed by atoms with E-state index < -0.39 is 0 Å². The van der Waals surface area contributed by atoms with Gasteiger partial charge in [-0.15, -0.1) is 0 Å². The fourth-order valence-electron chi connectivity index (χ4n) is 0.848. The Balaban J connectivity index is 3.30. The summed E-state index contributed by atoms with van der Waals surface area (Å²) in [6.45, 7) is 5.33. The highest BCUT2D eigenvalue weighted by Gasteiger charge is 2.15. The Labute approximate surface area is 86.4 Å². The first-order chi connectivity index (χ1) is 6.52. The van der Waals surface area contributed by atoms with E-state index in [-0.39, 0.29) is 18.2 Å². The molecule has 0 amide bonds. The minimum atomic E-state index is -0.162. The molecule has 1 atom stereocenters. The molecule has 0 saturated heterocycles. The van der Waals surface area contributed by atoms with Gasteiger partial charge in [0.15, 0.2) is 0 Å². The van der Waals surface area contributed by atoms with Crippen LogP contribution < -0.4 is 5.73 Å². The first-order valence-electron chi connectivity index (χ1n) is 5.01. The second kappa shape index (κ2) is 7.17. The molecule has 0 aliphatic heterocycles. The quantitative estimate of drug-likeness (QED) is 0.567. The van der Waals surface area contributed by atoms with E-state index >= 15 is 0 Å². The van der Waals surface area contributed by atoms with E-state index in [1.165, 1.54) is 0 Å². The molecule has 0 aliphatic carbocycles.